The highest BCUT2D eigenvalue weighted by atomic mass is 19.4. The zero-order chi connectivity index (χ0) is 19.0. The molecule has 4 rings (SSSR count). The second-order valence-corrected chi connectivity index (χ2v) is 6.22. The van der Waals surface area contributed by atoms with Crippen LogP contribution in [-0.2, 0) is 25.7 Å². The zero-order valence-electron chi connectivity index (χ0n) is 14.5. The molecule has 27 heavy (non-hydrogen) atoms. The highest BCUT2D eigenvalue weighted by molar-refractivity contribution is 5.82. The third kappa shape index (κ3) is 3.28. The number of hydrogen-bond donors (Lipinski definition) is 1. The molecule has 0 radical (unpaired) electrons. The van der Waals surface area contributed by atoms with Crippen molar-refractivity contribution in [2.75, 3.05) is 0 Å². The Labute approximate surface area is 152 Å². The van der Waals surface area contributed by atoms with E-state index in [9.17, 15) is 13.2 Å². The third-order valence-corrected chi connectivity index (χ3v) is 4.49. The average molecular weight is 374 g/mol. The maximum atomic E-state index is 12.9. The first-order chi connectivity index (χ1) is 13.0. The maximum absolute atomic E-state index is 12.9. The van der Waals surface area contributed by atoms with Crippen LogP contribution in [0.4, 0.5) is 13.2 Å². The molecule has 0 bridgehead atoms. The van der Waals surface area contributed by atoms with E-state index in [1.54, 1.807) is 0 Å². The Morgan fingerprint density at radius 2 is 1.89 bits per heavy atom. The van der Waals surface area contributed by atoms with Crippen LogP contribution in [0.1, 0.15) is 29.6 Å². The SMILES string of the molecule is CCc1oc2ccccc2c1CNCc1nnc2ccc(C(F)(F)F)cn12. The summed E-state index contributed by atoms with van der Waals surface area (Å²) in [7, 11) is 0. The first-order valence-corrected chi connectivity index (χ1v) is 8.58. The summed E-state index contributed by atoms with van der Waals surface area (Å²) >= 11 is 0. The summed E-state index contributed by atoms with van der Waals surface area (Å²) in [5, 5.41) is 12.2. The molecule has 0 unspecified atom stereocenters. The lowest BCUT2D eigenvalue weighted by molar-refractivity contribution is -0.137. The normalized spacial score (nSPS) is 12.3. The molecular formula is C19H17F3N4O. The Kier molecular flexibility index (Phi) is 4.35. The predicted molar refractivity (Wildman–Crippen MR) is 94.1 cm³/mol. The molecule has 0 aliphatic heterocycles. The molecule has 140 valence electrons. The molecule has 5 nitrogen and oxygen atoms in total. The van der Waals surface area contributed by atoms with Gasteiger partial charge in [0.25, 0.3) is 0 Å². The molecular weight excluding hydrogens is 357 g/mol. The van der Waals surface area contributed by atoms with Crippen molar-refractivity contribution in [2.24, 2.45) is 0 Å². The molecule has 0 aliphatic carbocycles. The number of nitrogens with one attached hydrogen (secondary N) is 1. The summed E-state index contributed by atoms with van der Waals surface area (Å²) in [6, 6.07) is 10.1. The monoisotopic (exact) mass is 374 g/mol. The van der Waals surface area contributed by atoms with Gasteiger partial charge in [0.1, 0.15) is 11.3 Å². The van der Waals surface area contributed by atoms with Gasteiger partial charge < -0.3 is 9.73 Å². The molecule has 0 saturated carbocycles. The number of hydrogen-bond acceptors (Lipinski definition) is 4. The number of benzene rings is 1. The van der Waals surface area contributed by atoms with E-state index in [4.69, 9.17) is 4.42 Å². The smallest absolute Gasteiger partial charge is 0.417 e. The van der Waals surface area contributed by atoms with Crippen LogP contribution in [0.25, 0.3) is 16.6 Å². The van der Waals surface area contributed by atoms with Crippen molar-refractivity contribution < 1.29 is 17.6 Å². The fourth-order valence-electron chi connectivity index (χ4n) is 3.15. The van der Waals surface area contributed by atoms with Crippen LogP contribution in [0.5, 0.6) is 0 Å². The lowest BCUT2D eigenvalue weighted by atomic mass is 10.1. The number of alkyl halides is 3. The molecule has 3 heterocycles. The van der Waals surface area contributed by atoms with Crippen LogP contribution in [0.3, 0.4) is 0 Å². The number of rotatable bonds is 5. The van der Waals surface area contributed by atoms with Gasteiger partial charge in [-0.1, -0.05) is 25.1 Å². The number of aryl methyl sites for hydroxylation is 1. The van der Waals surface area contributed by atoms with Gasteiger partial charge in [-0.2, -0.15) is 13.2 Å². The van der Waals surface area contributed by atoms with E-state index >= 15 is 0 Å². The molecule has 0 saturated heterocycles. The van der Waals surface area contributed by atoms with Crippen LogP contribution >= 0.6 is 0 Å². The van der Waals surface area contributed by atoms with Crippen molar-refractivity contribution in [2.45, 2.75) is 32.6 Å². The summed E-state index contributed by atoms with van der Waals surface area (Å²) < 4.78 is 46.1. The Morgan fingerprint density at radius 1 is 1.07 bits per heavy atom. The number of pyridine rings is 1. The van der Waals surface area contributed by atoms with Gasteiger partial charge in [0.05, 0.1) is 12.1 Å². The number of halogens is 3. The van der Waals surface area contributed by atoms with E-state index in [0.29, 0.717) is 18.0 Å². The van der Waals surface area contributed by atoms with Crippen molar-refractivity contribution >= 4 is 16.6 Å². The lowest BCUT2D eigenvalue weighted by Gasteiger charge is -2.08. The van der Waals surface area contributed by atoms with Gasteiger partial charge in [-0.3, -0.25) is 4.40 Å². The average Bonchev–Trinajstić information content (AvgIpc) is 3.22. The first-order valence-electron chi connectivity index (χ1n) is 8.58. The highest BCUT2D eigenvalue weighted by Crippen LogP contribution is 2.29. The largest absolute Gasteiger partial charge is 0.461 e. The van der Waals surface area contributed by atoms with Crippen molar-refractivity contribution in [1.82, 2.24) is 19.9 Å². The van der Waals surface area contributed by atoms with Crippen molar-refractivity contribution in [3.8, 4) is 0 Å². The maximum Gasteiger partial charge on any atom is 0.417 e. The van der Waals surface area contributed by atoms with Gasteiger partial charge in [0.15, 0.2) is 11.5 Å². The molecule has 1 N–H and O–H groups in total. The molecule has 0 amide bonds. The molecule has 1 aromatic carbocycles. The Balaban J connectivity index is 1.56. The third-order valence-electron chi connectivity index (χ3n) is 4.49. The minimum Gasteiger partial charge on any atom is -0.461 e. The van der Waals surface area contributed by atoms with Crippen LogP contribution in [0.2, 0.25) is 0 Å². The second kappa shape index (κ2) is 6.70. The van der Waals surface area contributed by atoms with E-state index in [-0.39, 0.29) is 6.54 Å². The first kappa shape index (κ1) is 17.5. The van der Waals surface area contributed by atoms with Gasteiger partial charge >= 0.3 is 6.18 Å². The van der Waals surface area contributed by atoms with Crippen molar-refractivity contribution in [3.63, 3.8) is 0 Å². The number of furan rings is 1. The molecule has 0 fully saturated rings. The Bertz CT molecular complexity index is 1100. The topological polar surface area (TPSA) is 55.4 Å². The van der Waals surface area contributed by atoms with E-state index < -0.39 is 11.7 Å². The van der Waals surface area contributed by atoms with Crippen molar-refractivity contribution in [1.29, 1.82) is 0 Å². The molecule has 0 aliphatic rings. The Morgan fingerprint density at radius 3 is 2.67 bits per heavy atom. The second-order valence-electron chi connectivity index (χ2n) is 6.22. The van der Waals surface area contributed by atoms with Gasteiger partial charge in [0.2, 0.25) is 0 Å². The predicted octanol–water partition coefficient (Wildman–Crippen LogP) is 4.35. The molecule has 3 aromatic heterocycles. The van der Waals surface area contributed by atoms with Crippen LogP contribution in [0, 0.1) is 0 Å². The van der Waals surface area contributed by atoms with E-state index in [1.165, 1.54) is 10.5 Å². The minimum absolute atomic E-state index is 0.283. The van der Waals surface area contributed by atoms with E-state index in [1.807, 2.05) is 31.2 Å². The highest BCUT2D eigenvalue weighted by Gasteiger charge is 2.31. The number of aromatic nitrogens is 3. The summed E-state index contributed by atoms with van der Waals surface area (Å²) in [5.41, 5.74) is 1.53. The number of para-hydroxylation sites is 1. The van der Waals surface area contributed by atoms with Gasteiger partial charge in [0, 0.05) is 30.1 Å². The zero-order valence-corrected chi connectivity index (χ0v) is 14.5. The van der Waals surface area contributed by atoms with Gasteiger partial charge in [-0.25, -0.2) is 0 Å². The summed E-state index contributed by atoms with van der Waals surface area (Å²) in [4.78, 5) is 0. The minimum atomic E-state index is -4.41. The fraction of sp³-hybridized carbons (Fsp3) is 0.263. The standard InChI is InChI=1S/C19H17F3N4O/c1-2-15-14(13-5-3-4-6-16(13)27-15)9-23-10-18-25-24-17-8-7-12(11-26(17)18)19(20,21)22/h3-8,11,23H,2,9-10H2,1H3. The Hall–Kier alpha value is -2.87. The summed E-state index contributed by atoms with van der Waals surface area (Å²) in [6.07, 6.45) is -2.62. The quantitative estimate of drug-likeness (QED) is 0.564. The van der Waals surface area contributed by atoms with Gasteiger partial charge in [-0.05, 0) is 18.2 Å². The van der Waals surface area contributed by atoms with Crippen LogP contribution in [-0.4, -0.2) is 14.6 Å². The van der Waals surface area contributed by atoms with Crippen LogP contribution < -0.4 is 5.32 Å². The number of fused-ring (bicyclic) bond motifs is 2. The van der Waals surface area contributed by atoms with E-state index in [2.05, 4.69) is 15.5 Å². The molecule has 4 aromatic rings. The molecule has 8 heteroatoms. The lowest BCUT2D eigenvalue weighted by Crippen LogP contribution is -2.16. The van der Waals surface area contributed by atoms with Crippen LogP contribution in [0.15, 0.2) is 47.0 Å². The molecule has 0 atom stereocenters. The van der Waals surface area contributed by atoms with Crippen molar-refractivity contribution in [3.05, 3.63) is 65.3 Å². The summed E-state index contributed by atoms with van der Waals surface area (Å²) in [6.45, 7) is 2.82. The molecule has 0 spiro atoms. The summed E-state index contributed by atoms with van der Waals surface area (Å²) in [5.74, 6) is 1.32. The van der Waals surface area contributed by atoms with E-state index in [0.717, 1.165) is 41.0 Å². The number of nitrogens with zero attached hydrogens (tertiary/aromatic N) is 3. The van der Waals surface area contributed by atoms with Gasteiger partial charge in [-0.15, -0.1) is 10.2 Å². The fourth-order valence-corrected chi connectivity index (χ4v) is 3.15.